The van der Waals surface area contributed by atoms with Crippen molar-refractivity contribution in [1.82, 2.24) is 0 Å². The first kappa shape index (κ1) is 10.5. The maximum absolute atomic E-state index is 5.89. The summed E-state index contributed by atoms with van der Waals surface area (Å²) in [5, 5.41) is 0. The summed E-state index contributed by atoms with van der Waals surface area (Å²) in [5.41, 5.74) is 2.15. The number of hydrogen-bond acceptors (Lipinski definition) is 2. The van der Waals surface area contributed by atoms with Gasteiger partial charge in [-0.05, 0) is 24.3 Å². The lowest BCUT2D eigenvalue weighted by Gasteiger charge is -2.32. The molecule has 3 heteroatoms. The van der Waals surface area contributed by atoms with E-state index in [4.69, 9.17) is 16.3 Å². The lowest BCUT2D eigenvalue weighted by Crippen LogP contribution is -2.23. The Morgan fingerprint density at radius 1 is 0.882 bits per heavy atom. The van der Waals surface area contributed by atoms with Crippen LogP contribution in [0.3, 0.4) is 0 Å². The summed E-state index contributed by atoms with van der Waals surface area (Å²) in [6.45, 7) is 0.777. The molecule has 1 aliphatic heterocycles. The highest BCUT2D eigenvalue weighted by atomic mass is 35.5. The van der Waals surface area contributed by atoms with E-state index in [9.17, 15) is 0 Å². The molecule has 2 aromatic carbocycles. The van der Waals surface area contributed by atoms with Crippen molar-refractivity contribution in [2.45, 2.75) is 0 Å². The average molecular weight is 246 g/mol. The Bertz CT molecular complexity index is 496. The predicted molar refractivity (Wildman–Crippen MR) is 70.7 cm³/mol. The summed E-state index contributed by atoms with van der Waals surface area (Å²) < 4.78 is 5.87. The highest BCUT2D eigenvalue weighted by molar-refractivity contribution is 6.18. The van der Waals surface area contributed by atoms with Gasteiger partial charge in [-0.15, -0.1) is 11.6 Å². The molecule has 0 aliphatic carbocycles. The zero-order chi connectivity index (χ0) is 11.7. The summed E-state index contributed by atoms with van der Waals surface area (Å²) >= 11 is 5.89. The number of fused-ring (bicyclic) bond motifs is 2. The molecule has 0 aromatic heterocycles. The summed E-state index contributed by atoms with van der Waals surface area (Å²) in [4.78, 5) is 2.20. The smallest absolute Gasteiger partial charge is 0.151 e. The van der Waals surface area contributed by atoms with Crippen molar-refractivity contribution in [3.8, 4) is 11.5 Å². The Balaban J connectivity index is 2.13. The molecule has 0 unspecified atom stereocenters. The van der Waals surface area contributed by atoms with Gasteiger partial charge in [0.1, 0.15) is 0 Å². The van der Waals surface area contributed by atoms with E-state index < -0.39 is 0 Å². The number of nitrogens with zero attached hydrogens (tertiary/aromatic N) is 1. The molecule has 0 bridgehead atoms. The topological polar surface area (TPSA) is 12.5 Å². The summed E-state index contributed by atoms with van der Waals surface area (Å²) in [6, 6.07) is 16.0. The van der Waals surface area contributed by atoms with Gasteiger partial charge < -0.3 is 9.64 Å². The lowest BCUT2D eigenvalue weighted by molar-refractivity contribution is 0.474. The molecule has 2 nitrogen and oxygen atoms in total. The quantitative estimate of drug-likeness (QED) is 0.737. The van der Waals surface area contributed by atoms with Crippen molar-refractivity contribution in [3.63, 3.8) is 0 Å². The first-order chi connectivity index (χ1) is 8.40. The van der Waals surface area contributed by atoms with Gasteiger partial charge in [-0.25, -0.2) is 0 Å². The maximum atomic E-state index is 5.89. The number of alkyl halides is 1. The van der Waals surface area contributed by atoms with Crippen LogP contribution in [0.5, 0.6) is 11.5 Å². The minimum atomic E-state index is 0.586. The Labute approximate surface area is 105 Å². The monoisotopic (exact) mass is 245 g/mol. The number of anilines is 2. The van der Waals surface area contributed by atoms with Gasteiger partial charge in [0, 0.05) is 12.4 Å². The molecular weight excluding hydrogens is 234 g/mol. The SMILES string of the molecule is ClCCN1c2ccccc2Oc2ccccc21. The zero-order valence-electron chi connectivity index (χ0n) is 9.27. The standard InChI is InChI=1S/C14H12ClNO/c15-9-10-16-11-5-1-3-7-13(11)17-14-8-4-2-6-12(14)16/h1-8H,9-10H2. The van der Waals surface area contributed by atoms with E-state index in [1.165, 1.54) is 0 Å². The van der Waals surface area contributed by atoms with E-state index in [2.05, 4.69) is 17.0 Å². The van der Waals surface area contributed by atoms with Crippen molar-refractivity contribution in [1.29, 1.82) is 0 Å². The number of rotatable bonds is 2. The number of benzene rings is 2. The van der Waals surface area contributed by atoms with Gasteiger partial charge in [0.25, 0.3) is 0 Å². The third-order valence-electron chi connectivity index (χ3n) is 2.84. The third kappa shape index (κ3) is 1.75. The number of hydrogen-bond donors (Lipinski definition) is 0. The molecule has 0 saturated carbocycles. The second-order valence-electron chi connectivity index (χ2n) is 3.88. The van der Waals surface area contributed by atoms with Gasteiger partial charge in [0.15, 0.2) is 11.5 Å². The fourth-order valence-electron chi connectivity index (χ4n) is 2.11. The highest BCUT2D eigenvalue weighted by Gasteiger charge is 2.22. The van der Waals surface area contributed by atoms with Crippen LogP contribution in [-0.4, -0.2) is 12.4 Å². The Hall–Kier alpha value is -1.67. The van der Waals surface area contributed by atoms with Gasteiger partial charge in [-0.2, -0.15) is 0 Å². The minimum Gasteiger partial charge on any atom is -0.453 e. The fraction of sp³-hybridized carbons (Fsp3) is 0.143. The highest BCUT2D eigenvalue weighted by Crippen LogP contribution is 2.45. The molecule has 1 heterocycles. The molecule has 0 fully saturated rings. The number of halogens is 1. The molecule has 0 atom stereocenters. The normalized spacial score (nSPS) is 12.6. The zero-order valence-corrected chi connectivity index (χ0v) is 10.0. The van der Waals surface area contributed by atoms with Crippen LogP contribution in [0.4, 0.5) is 11.4 Å². The fourth-order valence-corrected chi connectivity index (χ4v) is 2.28. The Morgan fingerprint density at radius 3 is 1.94 bits per heavy atom. The Morgan fingerprint density at radius 2 is 1.41 bits per heavy atom. The van der Waals surface area contributed by atoms with Crippen molar-refractivity contribution >= 4 is 23.0 Å². The Kier molecular flexibility index (Phi) is 2.65. The molecule has 2 aromatic rings. The van der Waals surface area contributed by atoms with Crippen LogP contribution in [0.2, 0.25) is 0 Å². The van der Waals surface area contributed by atoms with Gasteiger partial charge >= 0.3 is 0 Å². The molecule has 0 N–H and O–H groups in total. The summed E-state index contributed by atoms with van der Waals surface area (Å²) in [6.07, 6.45) is 0. The van der Waals surface area contributed by atoms with Crippen LogP contribution < -0.4 is 9.64 Å². The molecule has 17 heavy (non-hydrogen) atoms. The largest absolute Gasteiger partial charge is 0.453 e. The van der Waals surface area contributed by atoms with E-state index in [1.807, 2.05) is 36.4 Å². The first-order valence-corrected chi connectivity index (χ1v) is 6.13. The lowest BCUT2D eigenvalue weighted by atomic mass is 10.1. The van der Waals surface area contributed by atoms with Gasteiger partial charge in [0.2, 0.25) is 0 Å². The van der Waals surface area contributed by atoms with E-state index >= 15 is 0 Å². The molecule has 0 amide bonds. The van der Waals surface area contributed by atoms with Crippen molar-refractivity contribution in [2.75, 3.05) is 17.3 Å². The van der Waals surface area contributed by atoms with Crippen molar-refractivity contribution in [2.24, 2.45) is 0 Å². The van der Waals surface area contributed by atoms with Crippen LogP contribution >= 0.6 is 11.6 Å². The third-order valence-corrected chi connectivity index (χ3v) is 3.01. The van der Waals surface area contributed by atoms with E-state index in [-0.39, 0.29) is 0 Å². The maximum Gasteiger partial charge on any atom is 0.151 e. The van der Waals surface area contributed by atoms with Gasteiger partial charge in [-0.1, -0.05) is 24.3 Å². The predicted octanol–water partition coefficient (Wildman–Crippen LogP) is 4.17. The van der Waals surface area contributed by atoms with Crippen LogP contribution in [0, 0.1) is 0 Å². The van der Waals surface area contributed by atoms with Gasteiger partial charge in [0.05, 0.1) is 11.4 Å². The molecular formula is C14H12ClNO. The molecule has 0 spiro atoms. The van der Waals surface area contributed by atoms with Crippen LogP contribution in [-0.2, 0) is 0 Å². The van der Waals surface area contributed by atoms with Crippen LogP contribution in [0.1, 0.15) is 0 Å². The number of ether oxygens (including phenoxy) is 1. The van der Waals surface area contributed by atoms with Gasteiger partial charge in [-0.3, -0.25) is 0 Å². The van der Waals surface area contributed by atoms with Crippen LogP contribution in [0.25, 0.3) is 0 Å². The molecule has 86 valence electrons. The van der Waals surface area contributed by atoms with E-state index in [0.29, 0.717) is 5.88 Å². The van der Waals surface area contributed by atoms with E-state index in [0.717, 1.165) is 29.4 Å². The summed E-state index contributed by atoms with van der Waals surface area (Å²) in [7, 11) is 0. The molecule has 1 aliphatic rings. The molecule has 0 radical (unpaired) electrons. The second kappa shape index (κ2) is 4.30. The van der Waals surface area contributed by atoms with Crippen molar-refractivity contribution in [3.05, 3.63) is 48.5 Å². The van der Waals surface area contributed by atoms with Crippen molar-refractivity contribution < 1.29 is 4.74 Å². The van der Waals surface area contributed by atoms with E-state index in [1.54, 1.807) is 0 Å². The summed E-state index contributed by atoms with van der Waals surface area (Å²) in [5.74, 6) is 2.36. The first-order valence-electron chi connectivity index (χ1n) is 5.59. The molecule has 0 saturated heterocycles. The second-order valence-corrected chi connectivity index (χ2v) is 4.26. The average Bonchev–Trinajstić information content (AvgIpc) is 2.39. The molecule has 3 rings (SSSR count). The number of para-hydroxylation sites is 4. The van der Waals surface area contributed by atoms with Crippen LogP contribution in [0.15, 0.2) is 48.5 Å². The minimum absolute atomic E-state index is 0.586.